The second-order valence-corrected chi connectivity index (χ2v) is 7.59. The summed E-state index contributed by atoms with van der Waals surface area (Å²) in [5, 5.41) is 0. The van der Waals surface area contributed by atoms with E-state index in [1.165, 1.54) is 14.2 Å². The van der Waals surface area contributed by atoms with E-state index in [4.69, 9.17) is 18.9 Å². The number of amides is 1. The van der Waals surface area contributed by atoms with Gasteiger partial charge >= 0.3 is 0 Å². The van der Waals surface area contributed by atoms with Gasteiger partial charge in [0.25, 0.3) is 5.91 Å². The lowest BCUT2D eigenvalue weighted by molar-refractivity contribution is 0.0737. The molecule has 0 N–H and O–H groups in total. The molecule has 152 valence electrons. The number of ketones is 1. The molecule has 0 aromatic heterocycles. The zero-order chi connectivity index (χ0) is 20.5. The number of ether oxygens (including phenoxy) is 4. The van der Waals surface area contributed by atoms with E-state index in [1.807, 2.05) is 6.07 Å². The molecule has 1 amide bonds. The van der Waals surface area contributed by atoms with Crippen molar-refractivity contribution in [2.45, 2.75) is 12.8 Å². The van der Waals surface area contributed by atoms with Crippen molar-refractivity contribution in [3.8, 4) is 23.0 Å². The van der Waals surface area contributed by atoms with E-state index in [2.05, 4.69) is 15.9 Å². The molecule has 2 heterocycles. The van der Waals surface area contributed by atoms with Crippen molar-refractivity contribution >= 4 is 27.6 Å². The van der Waals surface area contributed by atoms with Crippen LogP contribution in [0.15, 0.2) is 28.7 Å². The number of carbonyl (C=O) groups is 2. The first-order valence-corrected chi connectivity index (χ1v) is 9.98. The molecule has 2 aliphatic heterocycles. The van der Waals surface area contributed by atoms with Crippen LogP contribution in [0.25, 0.3) is 0 Å². The Morgan fingerprint density at radius 3 is 2.52 bits per heavy atom. The molecule has 7 nitrogen and oxygen atoms in total. The predicted molar refractivity (Wildman–Crippen MR) is 108 cm³/mol. The van der Waals surface area contributed by atoms with E-state index >= 15 is 0 Å². The van der Waals surface area contributed by atoms with Crippen LogP contribution in [-0.2, 0) is 6.42 Å². The van der Waals surface area contributed by atoms with Crippen molar-refractivity contribution in [1.82, 2.24) is 4.90 Å². The van der Waals surface area contributed by atoms with Crippen molar-refractivity contribution < 1.29 is 28.5 Å². The maximum Gasteiger partial charge on any atom is 0.258 e. The van der Waals surface area contributed by atoms with E-state index in [-0.39, 0.29) is 24.9 Å². The van der Waals surface area contributed by atoms with E-state index in [9.17, 15) is 9.59 Å². The molecule has 0 spiro atoms. The zero-order valence-electron chi connectivity index (χ0n) is 16.1. The zero-order valence-corrected chi connectivity index (χ0v) is 17.7. The smallest absolute Gasteiger partial charge is 0.258 e. The molecule has 2 aromatic carbocycles. The SMILES string of the molecule is COc1ccc(Br)c(C(=O)N2CCC(=O)c3cc4c(cc3CC2)OCO4)c1OC. The van der Waals surface area contributed by atoms with Gasteiger partial charge in [-0.2, -0.15) is 0 Å². The Bertz CT molecular complexity index is 990. The lowest BCUT2D eigenvalue weighted by Gasteiger charge is -2.27. The Balaban J connectivity index is 1.65. The largest absolute Gasteiger partial charge is 0.493 e. The highest BCUT2D eigenvalue weighted by molar-refractivity contribution is 9.10. The molecule has 0 fully saturated rings. The van der Waals surface area contributed by atoms with Crippen LogP contribution >= 0.6 is 15.9 Å². The van der Waals surface area contributed by atoms with Crippen LogP contribution in [0.1, 0.15) is 32.7 Å². The molecule has 29 heavy (non-hydrogen) atoms. The van der Waals surface area contributed by atoms with Gasteiger partial charge in [0, 0.05) is 29.5 Å². The summed E-state index contributed by atoms with van der Waals surface area (Å²) in [5.41, 5.74) is 1.88. The fourth-order valence-corrected chi connectivity index (χ4v) is 4.13. The molecule has 0 saturated carbocycles. The number of Topliss-reactive ketones (excluding diaryl/α,β-unsaturated/α-hetero) is 1. The first kappa shape index (κ1) is 19.6. The minimum Gasteiger partial charge on any atom is -0.493 e. The molecular weight excluding hydrogens is 442 g/mol. The summed E-state index contributed by atoms with van der Waals surface area (Å²) in [5.74, 6) is 1.82. The minimum absolute atomic E-state index is 0.0209. The Morgan fingerprint density at radius 1 is 1.07 bits per heavy atom. The summed E-state index contributed by atoms with van der Waals surface area (Å²) in [6.45, 7) is 0.935. The third-order valence-electron chi connectivity index (χ3n) is 5.15. The van der Waals surface area contributed by atoms with Crippen LogP contribution in [0.5, 0.6) is 23.0 Å². The lowest BCUT2D eigenvalue weighted by atomic mass is 9.96. The van der Waals surface area contributed by atoms with Gasteiger partial charge < -0.3 is 23.8 Å². The van der Waals surface area contributed by atoms with Crippen molar-refractivity contribution in [3.63, 3.8) is 0 Å². The third kappa shape index (κ3) is 3.53. The van der Waals surface area contributed by atoms with E-state index < -0.39 is 0 Å². The van der Waals surface area contributed by atoms with Gasteiger partial charge in [-0.15, -0.1) is 0 Å². The summed E-state index contributed by atoms with van der Waals surface area (Å²) in [6.07, 6.45) is 0.760. The number of hydrogen-bond donors (Lipinski definition) is 0. The Labute approximate surface area is 176 Å². The predicted octanol–water partition coefficient (Wildman–Crippen LogP) is 3.47. The van der Waals surface area contributed by atoms with Gasteiger partial charge in [-0.3, -0.25) is 9.59 Å². The van der Waals surface area contributed by atoms with Gasteiger partial charge in [-0.05, 0) is 52.2 Å². The van der Waals surface area contributed by atoms with E-state index in [1.54, 1.807) is 23.1 Å². The highest BCUT2D eigenvalue weighted by atomic mass is 79.9. The van der Waals surface area contributed by atoms with Gasteiger partial charge in [0.2, 0.25) is 6.79 Å². The second-order valence-electron chi connectivity index (χ2n) is 6.74. The number of methoxy groups -OCH3 is 2. The highest BCUT2D eigenvalue weighted by Gasteiger charge is 2.29. The van der Waals surface area contributed by atoms with E-state index in [0.717, 1.165) is 5.56 Å². The average Bonchev–Trinajstić information content (AvgIpc) is 3.18. The Hall–Kier alpha value is -2.74. The van der Waals surface area contributed by atoms with Crippen LogP contribution in [-0.4, -0.2) is 50.7 Å². The van der Waals surface area contributed by atoms with Crippen molar-refractivity contribution in [3.05, 3.63) is 45.4 Å². The summed E-state index contributed by atoms with van der Waals surface area (Å²) in [4.78, 5) is 27.8. The van der Waals surface area contributed by atoms with Gasteiger partial charge in [0.15, 0.2) is 28.8 Å². The molecule has 2 aromatic rings. The van der Waals surface area contributed by atoms with Crippen LogP contribution in [0.2, 0.25) is 0 Å². The average molecular weight is 462 g/mol. The molecule has 0 radical (unpaired) electrons. The topological polar surface area (TPSA) is 74.3 Å². The molecule has 4 rings (SSSR count). The van der Waals surface area contributed by atoms with Gasteiger partial charge in [-0.1, -0.05) is 0 Å². The fourth-order valence-electron chi connectivity index (χ4n) is 3.65. The first-order chi connectivity index (χ1) is 14.0. The minimum atomic E-state index is -0.218. The number of hydrogen-bond acceptors (Lipinski definition) is 6. The number of nitrogens with zero attached hydrogens (tertiary/aromatic N) is 1. The van der Waals surface area contributed by atoms with Crippen LogP contribution < -0.4 is 18.9 Å². The molecule has 0 saturated heterocycles. The standard InChI is InChI=1S/C21H20BrNO6/c1-26-16-4-3-14(22)19(20(16)27-2)21(25)23-7-5-12-9-17-18(29-11-28-17)10-13(12)15(24)6-8-23/h3-4,9-10H,5-8,11H2,1-2H3. The molecule has 0 atom stereocenters. The Kier molecular flexibility index (Phi) is 5.36. The summed E-state index contributed by atoms with van der Waals surface area (Å²) >= 11 is 3.44. The summed E-state index contributed by atoms with van der Waals surface area (Å²) in [6, 6.07) is 7.07. The monoisotopic (exact) mass is 461 g/mol. The van der Waals surface area contributed by atoms with Gasteiger partial charge in [0.05, 0.1) is 19.8 Å². The molecule has 0 aliphatic carbocycles. The quantitative estimate of drug-likeness (QED) is 0.696. The fraction of sp³-hybridized carbons (Fsp3) is 0.333. The highest BCUT2D eigenvalue weighted by Crippen LogP contribution is 2.38. The molecular formula is C21H20BrNO6. The number of fused-ring (bicyclic) bond motifs is 2. The van der Waals surface area contributed by atoms with Crippen LogP contribution in [0.4, 0.5) is 0 Å². The Morgan fingerprint density at radius 2 is 1.79 bits per heavy atom. The third-order valence-corrected chi connectivity index (χ3v) is 5.82. The molecule has 8 heteroatoms. The van der Waals surface area contributed by atoms with Crippen molar-refractivity contribution in [1.29, 1.82) is 0 Å². The maximum atomic E-state index is 13.3. The number of rotatable bonds is 3. The van der Waals surface area contributed by atoms with Gasteiger partial charge in [-0.25, -0.2) is 0 Å². The van der Waals surface area contributed by atoms with Gasteiger partial charge in [0.1, 0.15) is 0 Å². The first-order valence-electron chi connectivity index (χ1n) is 9.19. The summed E-state index contributed by atoms with van der Waals surface area (Å²) < 4.78 is 22.2. The molecule has 0 bridgehead atoms. The normalized spacial score (nSPS) is 15.4. The molecule has 0 unspecified atom stereocenters. The van der Waals surface area contributed by atoms with Crippen molar-refractivity contribution in [2.24, 2.45) is 0 Å². The number of carbonyl (C=O) groups excluding carboxylic acids is 2. The van der Waals surface area contributed by atoms with Crippen LogP contribution in [0.3, 0.4) is 0 Å². The number of halogens is 1. The van der Waals surface area contributed by atoms with E-state index in [0.29, 0.717) is 58.1 Å². The second kappa shape index (κ2) is 7.94. The lowest BCUT2D eigenvalue weighted by Crippen LogP contribution is -2.37. The maximum absolute atomic E-state index is 13.3. The van der Waals surface area contributed by atoms with Crippen LogP contribution in [0, 0.1) is 0 Å². The molecule has 2 aliphatic rings. The summed E-state index contributed by atoms with van der Waals surface area (Å²) in [7, 11) is 3.02. The van der Waals surface area contributed by atoms with Crippen molar-refractivity contribution in [2.75, 3.05) is 34.1 Å². The number of benzene rings is 2.